The van der Waals surface area contributed by atoms with Gasteiger partial charge in [-0.2, -0.15) is 0 Å². The lowest BCUT2D eigenvalue weighted by Gasteiger charge is -2.18. The largest absolute Gasteiger partial charge is 0.382 e. The maximum absolute atomic E-state index is 12.0. The van der Waals surface area contributed by atoms with E-state index in [1.165, 1.54) is 11.3 Å². The van der Waals surface area contributed by atoms with Gasteiger partial charge >= 0.3 is 0 Å². The molecule has 0 saturated heterocycles. The van der Waals surface area contributed by atoms with Crippen molar-refractivity contribution in [3.63, 3.8) is 0 Å². The summed E-state index contributed by atoms with van der Waals surface area (Å²) in [6.07, 6.45) is 0.906. The second-order valence-electron chi connectivity index (χ2n) is 6.04. The molecule has 1 aliphatic heterocycles. The van der Waals surface area contributed by atoms with Crippen LogP contribution in [-0.4, -0.2) is 24.3 Å². The first-order chi connectivity index (χ1) is 9.35. The molecular formula is C14H19ClN2O2S. The lowest BCUT2D eigenvalue weighted by molar-refractivity contribution is -0.131. The molecule has 0 aliphatic carbocycles. The van der Waals surface area contributed by atoms with Crippen LogP contribution in [0.2, 0.25) is 4.34 Å². The predicted octanol–water partition coefficient (Wildman–Crippen LogP) is 3.45. The van der Waals surface area contributed by atoms with E-state index in [0.29, 0.717) is 17.3 Å². The van der Waals surface area contributed by atoms with Crippen molar-refractivity contribution in [2.75, 3.05) is 6.54 Å². The first-order valence-electron chi connectivity index (χ1n) is 6.61. The van der Waals surface area contributed by atoms with Crippen LogP contribution in [0.15, 0.2) is 17.3 Å². The molecule has 6 heteroatoms. The van der Waals surface area contributed by atoms with Crippen LogP contribution in [0.5, 0.6) is 0 Å². The highest BCUT2D eigenvalue weighted by molar-refractivity contribution is 7.18. The molecule has 1 N–H and O–H groups in total. The maximum atomic E-state index is 12.0. The van der Waals surface area contributed by atoms with E-state index in [2.05, 4.69) is 31.2 Å². The van der Waals surface area contributed by atoms with Crippen LogP contribution in [0, 0.1) is 5.41 Å². The number of amides is 1. The van der Waals surface area contributed by atoms with E-state index >= 15 is 0 Å². The van der Waals surface area contributed by atoms with Crippen LogP contribution < -0.4 is 5.32 Å². The van der Waals surface area contributed by atoms with Crippen molar-refractivity contribution >= 4 is 34.6 Å². The van der Waals surface area contributed by atoms with Crippen molar-refractivity contribution in [3.05, 3.63) is 21.3 Å². The quantitative estimate of drug-likeness (QED) is 0.925. The predicted molar refractivity (Wildman–Crippen MR) is 82.4 cm³/mol. The molecular weight excluding hydrogens is 296 g/mol. The average molecular weight is 315 g/mol. The molecule has 1 aromatic rings. The lowest BCUT2D eigenvalue weighted by Crippen LogP contribution is -2.36. The molecule has 1 atom stereocenters. The summed E-state index contributed by atoms with van der Waals surface area (Å²) in [4.78, 5) is 18.2. The summed E-state index contributed by atoms with van der Waals surface area (Å²) < 4.78 is 0.709. The van der Waals surface area contributed by atoms with Gasteiger partial charge in [0.15, 0.2) is 0 Å². The fraction of sp³-hybridized carbons (Fsp3) is 0.571. The molecule has 20 heavy (non-hydrogen) atoms. The first kappa shape index (κ1) is 15.3. The van der Waals surface area contributed by atoms with Gasteiger partial charge in [0.2, 0.25) is 6.10 Å². The number of nitrogens with zero attached hydrogens (tertiary/aromatic N) is 1. The second-order valence-corrected chi connectivity index (χ2v) is 7.76. The smallest absolute Gasteiger partial charge is 0.264 e. The summed E-state index contributed by atoms with van der Waals surface area (Å²) >= 11 is 7.34. The molecule has 0 spiro atoms. The van der Waals surface area contributed by atoms with Gasteiger partial charge < -0.3 is 10.2 Å². The minimum atomic E-state index is -0.522. The molecule has 1 aliphatic rings. The number of hydrogen-bond acceptors (Lipinski definition) is 4. The Morgan fingerprint density at radius 2 is 2.30 bits per heavy atom. The van der Waals surface area contributed by atoms with Crippen molar-refractivity contribution in [3.8, 4) is 0 Å². The number of oxime groups is 1. The summed E-state index contributed by atoms with van der Waals surface area (Å²) in [7, 11) is 0. The second kappa shape index (κ2) is 6.14. The minimum absolute atomic E-state index is 0.101. The highest BCUT2D eigenvalue weighted by atomic mass is 35.5. The summed E-state index contributed by atoms with van der Waals surface area (Å²) in [5.74, 6) is -0.101. The van der Waals surface area contributed by atoms with E-state index in [-0.39, 0.29) is 11.3 Å². The van der Waals surface area contributed by atoms with E-state index in [1.807, 2.05) is 12.1 Å². The Labute approximate surface area is 128 Å². The number of halogens is 1. The molecule has 110 valence electrons. The number of hydrogen-bond donors (Lipinski definition) is 1. The number of thiophene rings is 1. The fourth-order valence-corrected chi connectivity index (χ4v) is 2.84. The zero-order valence-corrected chi connectivity index (χ0v) is 13.5. The minimum Gasteiger partial charge on any atom is -0.382 e. The Morgan fingerprint density at radius 3 is 2.90 bits per heavy atom. The fourth-order valence-electron chi connectivity index (χ4n) is 1.81. The maximum Gasteiger partial charge on any atom is 0.264 e. The van der Waals surface area contributed by atoms with E-state index in [9.17, 15) is 4.79 Å². The van der Waals surface area contributed by atoms with E-state index in [4.69, 9.17) is 16.4 Å². The number of carbonyl (C=O) groups is 1. The third-order valence-corrected chi connectivity index (χ3v) is 4.27. The molecule has 1 amide bonds. The van der Waals surface area contributed by atoms with E-state index in [1.54, 1.807) is 0 Å². The third-order valence-electron chi connectivity index (χ3n) is 2.99. The van der Waals surface area contributed by atoms with Crippen LogP contribution in [0.25, 0.3) is 0 Å². The van der Waals surface area contributed by atoms with Crippen LogP contribution in [0.4, 0.5) is 0 Å². The molecule has 1 aromatic heterocycles. The molecule has 4 nitrogen and oxygen atoms in total. The van der Waals surface area contributed by atoms with Crippen LogP contribution >= 0.6 is 22.9 Å². The molecule has 2 heterocycles. The van der Waals surface area contributed by atoms with Crippen molar-refractivity contribution in [2.24, 2.45) is 10.6 Å². The van der Waals surface area contributed by atoms with Gasteiger partial charge in [-0.05, 0) is 24.0 Å². The molecule has 0 saturated carbocycles. The van der Waals surface area contributed by atoms with Gasteiger partial charge in [0.25, 0.3) is 5.91 Å². The zero-order chi connectivity index (χ0) is 14.8. The van der Waals surface area contributed by atoms with Crippen LogP contribution in [-0.2, 0) is 9.63 Å². The van der Waals surface area contributed by atoms with Gasteiger partial charge in [-0.1, -0.05) is 37.5 Å². The van der Waals surface area contributed by atoms with E-state index in [0.717, 1.165) is 17.0 Å². The van der Waals surface area contributed by atoms with Crippen molar-refractivity contribution < 1.29 is 9.63 Å². The molecule has 2 rings (SSSR count). The highest BCUT2D eigenvalue weighted by Gasteiger charge is 2.29. The Kier molecular flexibility index (Phi) is 4.70. The van der Waals surface area contributed by atoms with Crippen molar-refractivity contribution in [2.45, 2.75) is 39.7 Å². The first-order valence-corrected chi connectivity index (χ1v) is 7.81. The van der Waals surface area contributed by atoms with Crippen LogP contribution in [0.3, 0.4) is 0 Å². The molecule has 0 fully saturated rings. The van der Waals surface area contributed by atoms with E-state index < -0.39 is 6.10 Å². The standard InChI is InChI=1S/C14H19ClN2O2S/c1-14(2,3)6-7-16-13(18)10-8-9(17-19-10)11-4-5-12(15)20-11/h4-5,10H,6-8H2,1-3H3,(H,16,18). The number of rotatable bonds is 4. The molecule has 0 radical (unpaired) electrons. The SMILES string of the molecule is CC(C)(C)CCNC(=O)C1CC(c2ccc(Cl)s2)=NO1. The normalized spacial score (nSPS) is 18.6. The van der Waals surface area contributed by atoms with Crippen LogP contribution in [0.1, 0.15) is 38.5 Å². The Hall–Kier alpha value is -1.07. The van der Waals surface area contributed by atoms with Gasteiger partial charge in [0.05, 0.1) is 9.21 Å². The number of nitrogens with one attached hydrogen (secondary N) is 1. The molecule has 0 bridgehead atoms. The lowest BCUT2D eigenvalue weighted by atomic mass is 9.92. The Balaban J connectivity index is 1.81. The average Bonchev–Trinajstić information content (AvgIpc) is 2.95. The monoisotopic (exact) mass is 314 g/mol. The topological polar surface area (TPSA) is 50.7 Å². The summed E-state index contributed by atoms with van der Waals surface area (Å²) in [5, 5.41) is 6.88. The Bertz CT molecular complexity index is 519. The Morgan fingerprint density at radius 1 is 1.55 bits per heavy atom. The third kappa shape index (κ3) is 4.21. The van der Waals surface area contributed by atoms with Crippen molar-refractivity contribution in [1.82, 2.24) is 5.32 Å². The highest BCUT2D eigenvalue weighted by Crippen LogP contribution is 2.26. The van der Waals surface area contributed by atoms with Crippen molar-refractivity contribution in [1.29, 1.82) is 0 Å². The van der Waals surface area contributed by atoms with Gasteiger partial charge in [0, 0.05) is 13.0 Å². The van der Waals surface area contributed by atoms with Gasteiger partial charge in [-0.15, -0.1) is 11.3 Å². The van der Waals surface area contributed by atoms with Gasteiger partial charge in [-0.3, -0.25) is 4.79 Å². The summed E-state index contributed by atoms with van der Waals surface area (Å²) in [5.41, 5.74) is 0.997. The molecule has 0 aromatic carbocycles. The number of carbonyl (C=O) groups excluding carboxylic acids is 1. The zero-order valence-electron chi connectivity index (χ0n) is 11.9. The van der Waals surface area contributed by atoms with Gasteiger partial charge in [-0.25, -0.2) is 0 Å². The van der Waals surface area contributed by atoms with Gasteiger partial charge in [0.1, 0.15) is 5.71 Å². The summed E-state index contributed by atoms with van der Waals surface area (Å²) in [6, 6.07) is 3.72. The molecule has 1 unspecified atom stereocenters. The summed E-state index contributed by atoms with van der Waals surface area (Å²) in [6.45, 7) is 7.09.